The molecule has 2 aromatic carbocycles. The fraction of sp³-hybridized carbons (Fsp3) is 0.258. The Morgan fingerprint density at radius 3 is 2.67 bits per heavy atom. The largest absolute Gasteiger partial charge is 0.508 e. The molecular weight excluding hydrogens is 502 g/mol. The molecule has 0 unspecified atom stereocenters. The van der Waals surface area contributed by atoms with Gasteiger partial charge in [0.2, 0.25) is 0 Å². The summed E-state index contributed by atoms with van der Waals surface area (Å²) in [5, 5.41) is 17.6. The van der Waals surface area contributed by atoms with Gasteiger partial charge < -0.3 is 10.8 Å². The molecule has 9 heteroatoms. The van der Waals surface area contributed by atoms with E-state index in [0.717, 1.165) is 28.6 Å². The minimum Gasteiger partial charge on any atom is -0.508 e. The van der Waals surface area contributed by atoms with Crippen LogP contribution >= 0.6 is 0 Å². The Morgan fingerprint density at radius 2 is 1.93 bits per heavy atom. The summed E-state index contributed by atoms with van der Waals surface area (Å²) in [6.07, 6.45) is 6.67. The van der Waals surface area contributed by atoms with E-state index in [0.29, 0.717) is 45.8 Å². The Balaban J connectivity index is 1.60. The van der Waals surface area contributed by atoms with Crippen LogP contribution < -0.4 is 11.3 Å². The zero-order valence-corrected chi connectivity index (χ0v) is 23.0. The van der Waals surface area contributed by atoms with Crippen LogP contribution in [0.3, 0.4) is 0 Å². The molecule has 1 aliphatic heterocycles. The highest BCUT2D eigenvalue weighted by Crippen LogP contribution is 2.34. The molecule has 0 atom stereocenters. The van der Waals surface area contributed by atoms with Crippen LogP contribution in [0.1, 0.15) is 44.0 Å². The van der Waals surface area contributed by atoms with Gasteiger partial charge in [-0.2, -0.15) is 5.10 Å². The average molecular weight is 534 g/mol. The number of anilines is 1. The number of nitrogens with zero attached hydrogens (tertiary/aromatic N) is 6. The summed E-state index contributed by atoms with van der Waals surface area (Å²) >= 11 is 0. The SMILES string of the molecule is CCc1ccc(-c2nn(Cc3cc4cccc(C)c4c(=O)n3C3=NC=CCC3(C)C)c3ncnc(N)c23)cc1O. The maximum atomic E-state index is 14.1. The number of aromatic hydroxyl groups is 1. The van der Waals surface area contributed by atoms with Crippen molar-refractivity contribution in [2.75, 3.05) is 5.73 Å². The molecule has 4 heterocycles. The van der Waals surface area contributed by atoms with Gasteiger partial charge in [0.25, 0.3) is 5.56 Å². The Labute approximate surface area is 231 Å². The van der Waals surface area contributed by atoms with Crippen LogP contribution in [0.15, 0.2) is 70.9 Å². The number of phenols is 1. The minimum atomic E-state index is -0.355. The lowest BCUT2D eigenvalue weighted by molar-refractivity contribution is 0.469. The van der Waals surface area contributed by atoms with Gasteiger partial charge in [-0.15, -0.1) is 0 Å². The number of aromatic nitrogens is 5. The molecule has 3 N–H and O–H groups in total. The van der Waals surface area contributed by atoms with Gasteiger partial charge in [-0.3, -0.25) is 9.36 Å². The number of hydrogen-bond acceptors (Lipinski definition) is 7. The molecule has 40 heavy (non-hydrogen) atoms. The summed E-state index contributed by atoms with van der Waals surface area (Å²) in [5.74, 6) is 1.17. The highest BCUT2D eigenvalue weighted by molar-refractivity contribution is 5.99. The number of benzene rings is 2. The van der Waals surface area contributed by atoms with E-state index in [1.54, 1.807) is 21.5 Å². The molecule has 202 valence electrons. The summed E-state index contributed by atoms with van der Waals surface area (Å²) in [4.78, 5) is 27.6. The highest BCUT2D eigenvalue weighted by Gasteiger charge is 2.30. The summed E-state index contributed by atoms with van der Waals surface area (Å²) in [5.41, 5.74) is 10.2. The number of aliphatic imine (C=N–C) groups is 1. The fourth-order valence-electron chi connectivity index (χ4n) is 5.54. The molecule has 0 aliphatic carbocycles. The monoisotopic (exact) mass is 533 g/mol. The number of nitrogens with two attached hydrogens (primary N) is 1. The van der Waals surface area contributed by atoms with E-state index >= 15 is 0 Å². The fourth-order valence-corrected chi connectivity index (χ4v) is 5.54. The van der Waals surface area contributed by atoms with Crippen LogP contribution in [0, 0.1) is 12.3 Å². The number of allylic oxidation sites excluding steroid dienone is 1. The second-order valence-electron chi connectivity index (χ2n) is 10.9. The van der Waals surface area contributed by atoms with Gasteiger partial charge in [-0.1, -0.05) is 57.2 Å². The summed E-state index contributed by atoms with van der Waals surface area (Å²) in [6.45, 7) is 8.37. The third kappa shape index (κ3) is 4.05. The molecule has 0 bridgehead atoms. The molecule has 0 saturated carbocycles. The first-order chi connectivity index (χ1) is 19.2. The standard InChI is InChI=1S/C31H31N7O2/c1-5-19-10-11-21(15-23(19)39)26-25-27(32)34-17-35-28(25)37(36-26)16-22-14-20-9-6-8-18(2)24(20)29(40)38(22)30-31(3,4)12-7-13-33-30/h6-11,13-15,17,39H,5,12,16H2,1-4H3,(H2,32,34,35). The molecule has 6 rings (SSSR count). The summed E-state index contributed by atoms with van der Waals surface area (Å²) in [6, 6.07) is 13.4. The van der Waals surface area contributed by atoms with E-state index in [2.05, 4.69) is 23.8 Å². The number of rotatable bonds is 4. The van der Waals surface area contributed by atoms with E-state index in [-0.39, 0.29) is 23.3 Å². The zero-order chi connectivity index (χ0) is 28.2. The van der Waals surface area contributed by atoms with Gasteiger partial charge in [-0.25, -0.2) is 19.6 Å². The quantitative estimate of drug-likeness (QED) is 0.327. The predicted octanol–water partition coefficient (Wildman–Crippen LogP) is 5.21. The lowest BCUT2D eigenvalue weighted by Crippen LogP contribution is -2.40. The summed E-state index contributed by atoms with van der Waals surface area (Å²) < 4.78 is 3.48. The zero-order valence-electron chi connectivity index (χ0n) is 23.0. The van der Waals surface area contributed by atoms with Crippen LogP contribution in [-0.4, -0.2) is 35.3 Å². The third-order valence-electron chi connectivity index (χ3n) is 7.69. The second kappa shape index (κ2) is 9.44. The van der Waals surface area contributed by atoms with Gasteiger partial charge in [0, 0.05) is 22.9 Å². The van der Waals surface area contributed by atoms with Crippen molar-refractivity contribution >= 4 is 33.5 Å². The van der Waals surface area contributed by atoms with Crippen molar-refractivity contribution in [3.05, 3.63) is 88.2 Å². The molecular formula is C31H31N7O2. The molecule has 0 spiro atoms. The van der Waals surface area contributed by atoms with Crippen LogP contribution in [-0.2, 0) is 13.0 Å². The van der Waals surface area contributed by atoms with E-state index < -0.39 is 0 Å². The van der Waals surface area contributed by atoms with Crippen LogP contribution in [0.5, 0.6) is 5.75 Å². The number of hydrogen-bond donors (Lipinski definition) is 2. The number of pyridine rings is 1. The van der Waals surface area contributed by atoms with E-state index in [9.17, 15) is 9.90 Å². The van der Waals surface area contributed by atoms with Crippen LogP contribution in [0.25, 0.3) is 33.1 Å². The molecule has 9 nitrogen and oxygen atoms in total. The van der Waals surface area contributed by atoms with Gasteiger partial charge >= 0.3 is 0 Å². The molecule has 0 radical (unpaired) electrons. The Hall–Kier alpha value is -4.79. The van der Waals surface area contributed by atoms with Gasteiger partial charge in [-0.05, 0) is 48.4 Å². The van der Waals surface area contributed by atoms with Crippen molar-refractivity contribution in [2.24, 2.45) is 10.4 Å². The van der Waals surface area contributed by atoms with Crippen molar-refractivity contribution in [2.45, 2.75) is 47.1 Å². The second-order valence-corrected chi connectivity index (χ2v) is 10.9. The summed E-state index contributed by atoms with van der Waals surface area (Å²) in [7, 11) is 0. The van der Waals surface area contributed by atoms with Crippen molar-refractivity contribution in [3.63, 3.8) is 0 Å². The smallest absolute Gasteiger partial charge is 0.264 e. The van der Waals surface area contributed by atoms with Gasteiger partial charge in [0.05, 0.1) is 17.3 Å². The van der Waals surface area contributed by atoms with Crippen molar-refractivity contribution in [3.8, 4) is 17.0 Å². The maximum Gasteiger partial charge on any atom is 0.264 e. The van der Waals surface area contributed by atoms with Gasteiger partial charge in [0.1, 0.15) is 29.4 Å². The Morgan fingerprint density at radius 1 is 1.10 bits per heavy atom. The Kier molecular flexibility index (Phi) is 6.02. The number of phenolic OH excluding ortho intramolecular Hbond substituents is 1. The number of aryl methyl sites for hydroxylation is 2. The van der Waals surface area contributed by atoms with E-state index in [1.165, 1.54) is 6.33 Å². The number of nitrogen functional groups attached to an aromatic ring is 1. The lowest BCUT2D eigenvalue weighted by Gasteiger charge is -2.30. The normalized spacial score (nSPS) is 14.7. The first-order valence-electron chi connectivity index (χ1n) is 13.4. The lowest BCUT2D eigenvalue weighted by atomic mass is 9.86. The van der Waals surface area contributed by atoms with Crippen molar-refractivity contribution < 1.29 is 5.11 Å². The first kappa shape index (κ1) is 25.5. The average Bonchev–Trinajstić information content (AvgIpc) is 3.28. The van der Waals surface area contributed by atoms with Crippen LogP contribution in [0.2, 0.25) is 0 Å². The number of fused-ring (bicyclic) bond motifs is 2. The van der Waals surface area contributed by atoms with Crippen LogP contribution in [0.4, 0.5) is 5.82 Å². The molecule has 0 amide bonds. The molecule has 0 fully saturated rings. The molecule has 1 aliphatic rings. The first-order valence-corrected chi connectivity index (χ1v) is 13.4. The van der Waals surface area contributed by atoms with Gasteiger partial charge in [0.15, 0.2) is 5.65 Å². The third-order valence-corrected chi connectivity index (χ3v) is 7.69. The highest BCUT2D eigenvalue weighted by atomic mass is 16.3. The molecule has 5 aromatic rings. The van der Waals surface area contributed by atoms with Crippen molar-refractivity contribution in [1.82, 2.24) is 24.3 Å². The maximum absolute atomic E-state index is 14.1. The Bertz CT molecular complexity index is 1930. The van der Waals surface area contributed by atoms with E-state index in [1.807, 2.05) is 56.3 Å². The minimum absolute atomic E-state index is 0.112. The van der Waals surface area contributed by atoms with E-state index in [4.69, 9.17) is 15.8 Å². The molecule has 0 saturated heterocycles. The predicted molar refractivity (Wildman–Crippen MR) is 159 cm³/mol. The topological polar surface area (TPSA) is 124 Å². The van der Waals surface area contributed by atoms with Crippen molar-refractivity contribution in [1.29, 1.82) is 0 Å². The molecule has 3 aromatic heterocycles.